The van der Waals surface area contributed by atoms with Crippen LogP contribution in [-0.2, 0) is 0 Å². The van der Waals surface area contributed by atoms with E-state index in [0.29, 0.717) is 0 Å². The van der Waals surface area contributed by atoms with Gasteiger partial charge in [0.25, 0.3) is 0 Å². The van der Waals surface area contributed by atoms with E-state index in [9.17, 15) is 0 Å². The van der Waals surface area contributed by atoms with Crippen molar-refractivity contribution in [3.63, 3.8) is 0 Å². The lowest BCUT2D eigenvalue weighted by atomic mass is 10.1. The lowest BCUT2D eigenvalue weighted by Crippen LogP contribution is -1.92. The minimum atomic E-state index is 0.739. The van der Waals surface area contributed by atoms with Gasteiger partial charge >= 0.3 is 0 Å². The first-order chi connectivity index (χ1) is 7.63. The monoisotopic (exact) mass is 235 g/mol. The van der Waals surface area contributed by atoms with E-state index >= 15 is 0 Å². The van der Waals surface area contributed by atoms with E-state index in [1.165, 1.54) is 12.8 Å². The van der Waals surface area contributed by atoms with Gasteiger partial charge in [0.1, 0.15) is 0 Å². The Hall–Kier alpha value is -1.08. The highest BCUT2D eigenvalue weighted by molar-refractivity contribution is 6.30. The second-order valence-electron chi connectivity index (χ2n) is 3.90. The normalized spacial score (nSPS) is 11.6. The molecule has 0 saturated heterocycles. The molecule has 0 fully saturated rings. The number of halogens is 1. The average molecular weight is 236 g/mol. The molecule has 1 aromatic rings. The van der Waals surface area contributed by atoms with Crippen molar-refractivity contribution >= 4 is 23.0 Å². The topological polar surface area (TPSA) is 12.4 Å². The molecule has 0 spiro atoms. The third-order valence-electron chi connectivity index (χ3n) is 2.40. The fourth-order valence-corrected chi connectivity index (χ4v) is 1.55. The molecular formula is C14H18ClN. The molecule has 0 heterocycles. The summed E-state index contributed by atoms with van der Waals surface area (Å²) in [5, 5.41) is 0.739. The Kier molecular flexibility index (Phi) is 5.27. The van der Waals surface area contributed by atoms with Crippen LogP contribution in [0.3, 0.4) is 0 Å². The van der Waals surface area contributed by atoms with Gasteiger partial charge in [0.05, 0.1) is 5.70 Å². The maximum Gasteiger partial charge on any atom is 0.0629 e. The van der Waals surface area contributed by atoms with Crippen LogP contribution in [0.2, 0.25) is 5.02 Å². The smallest absolute Gasteiger partial charge is 0.0629 e. The zero-order valence-corrected chi connectivity index (χ0v) is 10.7. The van der Waals surface area contributed by atoms with Gasteiger partial charge in [-0.15, -0.1) is 0 Å². The van der Waals surface area contributed by atoms with Crippen LogP contribution in [-0.4, -0.2) is 5.71 Å². The maximum atomic E-state index is 5.83. The van der Waals surface area contributed by atoms with Crippen molar-refractivity contribution in [3.05, 3.63) is 41.4 Å². The van der Waals surface area contributed by atoms with Gasteiger partial charge in [0, 0.05) is 10.7 Å². The standard InChI is InChI=1S/C14H18ClN/c1-4-5-6-11(2)16-12(3)13-7-9-14(15)10-8-13/h7-10H,3-6H2,1-2H3/b16-11+. The zero-order chi connectivity index (χ0) is 12.0. The third-order valence-corrected chi connectivity index (χ3v) is 2.65. The average Bonchev–Trinajstić information content (AvgIpc) is 2.27. The number of nitrogens with zero attached hydrogens (tertiary/aromatic N) is 1. The van der Waals surface area contributed by atoms with Gasteiger partial charge in [-0.3, -0.25) is 4.99 Å². The van der Waals surface area contributed by atoms with Crippen LogP contribution in [0, 0.1) is 0 Å². The number of benzene rings is 1. The summed E-state index contributed by atoms with van der Waals surface area (Å²) in [5.74, 6) is 0. The van der Waals surface area contributed by atoms with Gasteiger partial charge < -0.3 is 0 Å². The predicted molar refractivity (Wildman–Crippen MR) is 73.1 cm³/mol. The highest BCUT2D eigenvalue weighted by Crippen LogP contribution is 2.17. The SMILES string of the molecule is C=C(/N=C(\C)CCCC)c1ccc(Cl)cc1. The van der Waals surface area contributed by atoms with E-state index in [1.54, 1.807) is 0 Å². The highest BCUT2D eigenvalue weighted by Gasteiger charge is 1.98. The van der Waals surface area contributed by atoms with Crippen molar-refractivity contribution in [2.45, 2.75) is 33.1 Å². The fourth-order valence-electron chi connectivity index (χ4n) is 1.43. The molecular weight excluding hydrogens is 218 g/mol. The lowest BCUT2D eigenvalue weighted by Gasteiger charge is -2.03. The molecule has 2 heteroatoms. The molecule has 1 aromatic carbocycles. The molecule has 1 rings (SSSR count). The van der Waals surface area contributed by atoms with Gasteiger partial charge in [0.15, 0.2) is 0 Å². The van der Waals surface area contributed by atoms with Crippen molar-refractivity contribution < 1.29 is 0 Å². The van der Waals surface area contributed by atoms with Crippen molar-refractivity contribution in [3.8, 4) is 0 Å². The molecule has 0 aromatic heterocycles. The van der Waals surface area contributed by atoms with Gasteiger partial charge in [-0.25, -0.2) is 0 Å². The predicted octanol–water partition coefficient (Wildman–Crippen LogP) is 4.96. The molecule has 0 atom stereocenters. The Morgan fingerprint density at radius 2 is 1.94 bits per heavy atom. The molecule has 86 valence electrons. The molecule has 16 heavy (non-hydrogen) atoms. The van der Waals surface area contributed by atoms with Crippen LogP contribution in [0.25, 0.3) is 5.70 Å². The second-order valence-corrected chi connectivity index (χ2v) is 4.34. The highest BCUT2D eigenvalue weighted by atomic mass is 35.5. The summed E-state index contributed by atoms with van der Waals surface area (Å²) in [6, 6.07) is 7.61. The van der Waals surface area contributed by atoms with Crippen molar-refractivity contribution in [2.75, 3.05) is 0 Å². The Labute approximate surface area is 103 Å². The van der Waals surface area contributed by atoms with Gasteiger partial charge in [-0.2, -0.15) is 0 Å². The zero-order valence-electron chi connectivity index (χ0n) is 9.96. The van der Waals surface area contributed by atoms with Crippen LogP contribution < -0.4 is 0 Å². The second kappa shape index (κ2) is 6.49. The molecule has 0 aliphatic carbocycles. The summed E-state index contributed by atoms with van der Waals surface area (Å²) < 4.78 is 0. The van der Waals surface area contributed by atoms with E-state index in [2.05, 4.69) is 25.4 Å². The Morgan fingerprint density at radius 3 is 2.50 bits per heavy atom. The Morgan fingerprint density at radius 1 is 1.31 bits per heavy atom. The minimum absolute atomic E-state index is 0.739. The molecule has 0 unspecified atom stereocenters. The van der Waals surface area contributed by atoms with Crippen molar-refractivity contribution in [2.24, 2.45) is 4.99 Å². The molecule has 0 amide bonds. The largest absolute Gasteiger partial charge is 0.258 e. The summed E-state index contributed by atoms with van der Waals surface area (Å²) in [6.07, 6.45) is 3.42. The Balaban J connectivity index is 2.67. The first kappa shape index (κ1) is 13.0. The van der Waals surface area contributed by atoms with E-state index in [-0.39, 0.29) is 0 Å². The first-order valence-corrected chi connectivity index (χ1v) is 6.00. The van der Waals surface area contributed by atoms with Crippen LogP contribution in [0.15, 0.2) is 35.8 Å². The van der Waals surface area contributed by atoms with Crippen molar-refractivity contribution in [1.82, 2.24) is 0 Å². The minimum Gasteiger partial charge on any atom is -0.258 e. The summed E-state index contributed by atoms with van der Waals surface area (Å²) in [6.45, 7) is 8.21. The van der Waals surface area contributed by atoms with Gasteiger partial charge in [-0.1, -0.05) is 43.7 Å². The molecule has 0 bridgehead atoms. The molecule has 1 nitrogen and oxygen atoms in total. The van der Waals surface area contributed by atoms with Crippen LogP contribution >= 0.6 is 11.6 Å². The van der Waals surface area contributed by atoms with E-state index in [4.69, 9.17) is 11.6 Å². The third kappa shape index (κ3) is 4.19. The van der Waals surface area contributed by atoms with Crippen molar-refractivity contribution in [1.29, 1.82) is 0 Å². The maximum absolute atomic E-state index is 5.83. The first-order valence-electron chi connectivity index (χ1n) is 5.62. The number of aliphatic imine (C=N–C) groups is 1. The molecule has 0 radical (unpaired) electrons. The number of hydrogen-bond donors (Lipinski definition) is 0. The lowest BCUT2D eigenvalue weighted by molar-refractivity contribution is 0.833. The molecule has 0 saturated carbocycles. The van der Waals surface area contributed by atoms with Crippen LogP contribution in [0.1, 0.15) is 38.7 Å². The molecule has 0 N–H and O–H groups in total. The van der Waals surface area contributed by atoms with E-state index < -0.39 is 0 Å². The fraction of sp³-hybridized carbons (Fsp3) is 0.357. The summed E-state index contributed by atoms with van der Waals surface area (Å²) in [5.41, 5.74) is 2.98. The molecule has 0 aliphatic heterocycles. The Bertz CT molecular complexity index is 376. The van der Waals surface area contributed by atoms with E-state index in [1.807, 2.05) is 24.3 Å². The summed E-state index contributed by atoms with van der Waals surface area (Å²) >= 11 is 5.83. The van der Waals surface area contributed by atoms with E-state index in [0.717, 1.165) is 28.4 Å². The van der Waals surface area contributed by atoms with Crippen LogP contribution in [0.4, 0.5) is 0 Å². The van der Waals surface area contributed by atoms with Gasteiger partial charge in [-0.05, 0) is 37.5 Å². The quantitative estimate of drug-likeness (QED) is 0.640. The van der Waals surface area contributed by atoms with Gasteiger partial charge in [0.2, 0.25) is 0 Å². The number of unbranched alkanes of at least 4 members (excludes halogenated alkanes) is 1. The number of hydrogen-bond acceptors (Lipinski definition) is 1. The van der Waals surface area contributed by atoms with Crippen LogP contribution in [0.5, 0.6) is 0 Å². The summed E-state index contributed by atoms with van der Waals surface area (Å²) in [7, 11) is 0. The molecule has 0 aliphatic rings. The summed E-state index contributed by atoms with van der Waals surface area (Å²) in [4.78, 5) is 4.49. The number of rotatable bonds is 5.